The van der Waals surface area contributed by atoms with E-state index in [4.69, 9.17) is 10.4 Å². The maximum Gasteiger partial charge on any atom is 0.163 e. The predicted molar refractivity (Wildman–Crippen MR) is 43.6 cm³/mol. The Morgan fingerprint density at radius 3 is 3.08 bits per heavy atom. The first-order chi connectivity index (χ1) is 6.35. The number of nitrogens with zero attached hydrogens (tertiary/aromatic N) is 4. The van der Waals surface area contributed by atoms with Gasteiger partial charge in [-0.05, 0) is 6.07 Å². The molecule has 0 bridgehead atoms. The van der Waals surface area contributed by atoms with Crippen LogP contribution in [0.1, 0.15) is 11.4 Å². The van der Waals surface area contributed by atoms with Crippen molar-refractivity contribution in [3.8, 4) is 6.07 Å². The van der Waals surface area contributed by atoms with E-state index < -0.39 is 0 Å². The molecule has 2 rings (SSSR count). The molecule has 2 aromatic heterocycles. The molecule has 0 aromatic carbocycles. The average molecular weight is 174 g/mol. The Labute approximate surface area is 73.9 Å². The lowest BCUT2D eigenvalue weighted by molar-refractivity contribution is 0.270. The number of hydrogen-bond acceptors (Lipinski definition) is 4. The maximum atomic E-state index is 8.86. The van der Waals surface area contributed by atoms with Crippen LogP contribution in [0.5, 0.6) is 0 Å². The molecule has 2 heterocycles. The molecule has 0 atom stereocenters. The molecular formula is C8H6N4O. The van der Waals surface area contributed by atoms with Crippen LogP contribution in [0, 0.1) is 11.3 Å². The number of fused-ring (bicyclic) bond motifs is 1. The van der Waals surface area contributed by atoms with E-state index in [2.05, 4.69) is 10.2 Å². The van der Waals surface area contributed by atoms with Gasteiger partial charge in [0.1, 0.15) is 6.61 Å². The first-order valence-electron chi connectivity index (χ1n) is 3.70. The number of hydrogen-bond donors (Lipinski definition) is 1. The third-order valence-electron chi connectivity index (χ3n) is 1.75. The van der Waals surface area contributed by atoms with Gasteiger partial charge in [0.2, 0.25) is 0 Å². The number of aliphatic hydroxyl groups excluding tert-OH is 1. The molecule has 0 aliphatic rings. The highest BCUT2D eigenvalue weighted by molar-refractivity contribution is 5.45. The molecule has 2 aromatic rings. The molecular weight excluding hydrogens is 168 g/mol. The summed E-state index contributed by atoms with van der Waals surface area (Å²) in [7, 11) is 0. The van der Waals surface area contributed by atoms with E-state index in [1.807, 2.05) is 6.07 Å². The average Bonchev–Trinajstić information content (AvgIpc) is 2.59. The van der Waals surface area contributed by atoms with Crippen molar-refractivity contribution in [3.63, 3.8) is 0 Å². The van der Waals surface area contributed by atoms with Crippen molar-refractivity contribution in [2.45, 2.75) is 6.61 Å². The monoisotopic (exact) mass is 174 g/mol. The fraction of sp³-hybridized carbons (Fsp3) is 0.125. The minimum Gasteiger partial charge on any atom is -0.388 e. The van der Waals surface area contributed by atoms with Crippen molar-refractivity contribution < 1.29 is 5.11 Å². The molecule has 1 N–H and O–H groups in total. The molecule has 13 heavy (non-hydrogen) atoms. The summed E-state index contributed by atoms with van der Waals surface area (Å²) in [5.41, 5.74) is 1.10. The van der Waals surface area contributed by atoms with Crippen LogP contribution in [0.2, 0.25) is 0 Å². The Morgan fingerprint density at radius 2 is 2.38 bits per heavy atom. The Kier molecular flexibility index (Phi) is 1.69. The quantitative estimate of drug-likeness (QED) is 0.665. The molecule has 64 valence electrons. The lowest BCUT2D eigenvalue weighted by Gasteiger charge is -1.94. The zero-order chi connectivity index (χ0) is 9.26. The van der Waals surface area contributed by atoms with Crippen LogP contribution < -0.4 is 0 Å². The van der Waals surface area contributed by atoms with Gasteiger partial charge in [-0.2, -0.15) is 5.26 Å². The summed E-state index contributed by atoms with van der Waals surface area (Å²) in [6.07, 6.45) is 1.67. The molecule has 0 fully saturated rings. The summed E-state index contributed by atoms with van der Waals surface area (Å²) in [5, 5.41) is 25.0. The molecule has 0 saturated carbocycles. The molecule has 0 spiro atoms. The second-order valence-electron chi connectivity index (χ2n) is 2.53. The Morgan fingerprint density at radius 1 is 1.54 bits per heavy atom. The Hall–Kier alpha value is -1.93. The van der Waals surface area contributed by atoms with Crippen LogP contribution in [0.25, 0.3) is 5.65 Å². The maximum absolute atomic E-state index is 8.86. The van der Waals surface area contributed by atoms with Gasteiger partial charge in [0.05, 0.1) is 11.6 Å². The molecule has 0 saturated heterocycles. The van der Waals surface area contributed by atoms with Gasteiger partial charge in [0.25, 0.3) is 0 Å². The third kappa shape index (κ3) is 1.13. The van der Waals surface area contributed by atoms with E-state index in [0.29, 0.717) is 17.0 Å². The van der Waals surface area contributed by atoms with Crippen LogP contribution in [-0.4, -0.2) is 19.7 Å². The van der Waals surface area contributed by atoms with Gasteiger partial charge in [-0.3, -0.25) is 4.40 Å². The first-order valence-corrected chi connectivity index (χ1v) is 3.70. The minimum atomic E-state index is -0.160. The fourth-order valence-corrected chi connectivity index (χ4v) is 1.12. The Balaban J connectivity index is 2.70. The number of aliphatic hydroxyl groups is 1. The van der Waals surface area contributed by atoms with Gasteiger partial charge in [-0.15, -0.1) is 10.2 Å². The largest absolute Gasteiger partial charge is 0.388 e. The van der Waals surface area contributed by atoms with Crippen LogP contribution in [0.15, 0.2) is 18.3 Å². The van der Waals surface area contributed by atoms with Crippen molar-refractivity contribution in [2.24, 2.45) is 0 Å². The van der Waals surface area contributed by atoms with Gasteiger partial charge >= 0.3 is 0 Å². The molecule has 0 aliphatic heterocycles. The predicted octanol–water partition coefficient (Wildman–Crippen LogP) is 0.0933. The number of nitriles is 1. The number of pyridine rings is 1. The third-order valence-corrected chi connectivity index (χ3v) is 1.75. The van der Waals surface area contributed by atoms with E-state index in [1.54, 1.807) is 22.7 Å². The second kappa shape index (κ2) is 2.84. The van der Waals surface area contributed by atoms with Crippen molar-refractivity contribution >= 4 is 5.65 Å². The summed E-state index contributed by atoms with van der Waals surface area (Å²) in [5.74, 6) is 0.472. The topological polar surface area (TPSA) is 74.2 Å². The molecule has 0 aliphatic carbocycles. The number of rotatable bonds is 1. The zero-order valence-corrected chi connectivity index (χ0v) is 6.68. The summed E-state index contributed by atoms with van der Waals surface area (Å²) in [6, 6.07) is 5.27. The van der Waals surface area contributed by atoms with Gasteiger partial charge < -0.3 is 5.11 Å². The molecule has 0 radical (unpaired) electrons. The molecule has 0 amide bonds. The van der Waals surface area contributed by atoms with Gasteiger partial charge in [0.15, 0.2) is 11.5 Å². The van der Waals surface area contributed by atoms with Crippen molar-refractivity contribution in [1.29, 1.82) is 5.26 Å². The van der Waals surface area contributed by atoms with Crippen LogP contribution in [0.3, 0.4) is 0 Å². The zero-order valence-electron chi connectivity index (χ0n) is 6.68. The Bertz CT molecular complexity index is 482. The molecule has 5 heteroatoms. The normalized spacial score (nSPS) is 10.2. The van der Waals surface area contributed by atoms with Crippen LogP contribution >= 0.6 is 0 Å². The summed E-state index contributed by atoms with van der Waals surface area (Å²) >= 11 is 0. The highest BCUT2D eigenvalue weighted by atomic mass is 16.3. The van der Waals surface area contributed by atoms with Crippen LogP contribution in [0.4, 0.5) is 0 Å². The van der Waals surface area contributed by atoms with Gasteiger partial charge in [-0.1, -0.05) is 0 Å². The molecule has 5 nitrogen and oxygen atoms in total. The summed E-state index contributed by atoms with van der Waals surface area (Å²) in [6.45, 7) is -0.160. The molecule has 0 unspecified atom stereocenters. The number of aromatic nitrogens is 3. The van der Waals surface area contributed by atoms with Gasteiger partial charge in [0, 0.05) is 12.3 Å². The highest BCUT2D eigenvalue weighted by Crippen LogP contribution is 2.06. The van der Waals surface area contributed by atoms with Crippen LogP contribution in [-0.2, 0) is 6.61 Å². The van der Waals surface area contributed by atoms with E-state index in [-0.39, 0.29) is 6.61 Å². The summed E-state index contributed by atoms with van der Waals surface area (Å²) in [4.78, 5) is 0. The standard InChI is InChI=1S/C8H6N4O/c9-4-6-1-2-12-7(3-6)10-11-8(12)5-13/h1-3,13H,5H2. The lowest BCUT2D eigenvalue weighted by atomic mass is 10.3. The van der Waals surface area contributed by atoms with Crippen molar-refractivity contribution in [3.05, 3.63) is 29.7 Å². The summed E-state index contributed by atoms with van der Waals surface area (Å²) < 4.78 is 1.64. The second-order valence-corrected chi connectivity index (χ2v) is 2.53. The smallest absolute Gasteiger partial charge is 0.163 e. The van der Waals surface area contributed by atoms with E-state index >= 15 is 0 Å². The van der Waals surface area contributed by atoms with E-state index in [0.717, 1.165) is 0 Å². The lowest BCUT2D eigenvalue weighted by Crippen LogP contribution is -1.93. The van der Waals surface area contributed by atoms with E-state index in [1.165, 1.54) is 0 Å². The first kappa shape index (κ1) is 7.71. The van der Waals surface area contributed by atoms with E-state index in [9.17, 15) is 0 Å². The van der Waals surface area contributed by atoms with Crippen molar-refractivity contribution in [2.75, 3.05) is 0 Å². The minimum absolute atomic E-state index is 0.160. The SMILES string of the molecule is N#Cc1ccn2c(CO)nnc2c1. The fourth-order valence-electron chi connectivity index (χ4n) is 1.12. The van der Waals surface area contributed by atoms with Crippen molar-refractivity contribution in [1.82, 2.24) is 14.6 Å². The highest BCUT2D eigenvalue weighted by Gasteiger charge is 2.03. The van der Waals surface area contributed by atoms with Gasteiger partial charge in [-0.25, -0.2) is 0 Å².